The zero-order chi connectivity index (χ0) is 21.1. The van der Waals surface area contributed by atoms with Gasteiger partial charge in [-0.3, -0.25) is 15.1 Å². The summed E-state index contributed by atoms with van der Waals surface area (Å²) < 4.78 is 22.4. The van der Waals surface area contributed by atoms with Gasteiger partial charge in [0.05, 0.1) is 24.8 Å². The summed E-state index contributed by atoms with van der Waals surface area (Å²) in [5.41, 5.74) is 2.15. The fourth-order valence-corrected chi connectivity index (χ4v) is 4.26. The van der Waals surface area contributed by atoms with Crippen LogP contribution in [0.25, 0.3) is 11.1 Å². The molecule has 1 N–H and O–H groups in total. The average molecular weight is 453 g/mol. The van der Waals surface area contributed by atoms with Crippen molar-refractivity contribution in [2.75, 3.05) is 25.8 Å². The van der Waals surface area contributed by atoms with Crippen LogP contribution in [-0.2, 0) is 11.2 Å². The van der Waals surface area contributed by atoms with E-state index in [1.165, 1.54) is 26.7 Å². The lowest BCUT2D eigenvalue weighted by Crippen LogP contribution is -2.14. The fraction of sp³-hybridized carbons (Fsp3) is 0.222. The average Bonchev–Trinajstić information content (AvgIpc) is 3.14. The van der Waals surface area contributed by atoms with Crippen molar-refractivity contribution in [2.45, 2.75) is 11.8 Å². The molecular weight excluding hydrogens is 436 g/mol. The first kappa shape index (κ1) is 21.3. The van der Waals surface area contributed by atoms with Gasteiger partial charge in [0.1, 0.15) is 12.0 Å². The summed E-state index contributed by atoms with van der Waals surface area (Å²) in [7, 11) is 2.97. The highest BCUT2D eigenvalue weighted by molar-refractivity contribution is 7.90. The number of hydrogen-bond acceptors (Lipinski definition) is 8. The molecular formula is C18H17ClN4O4S2. The van der Waals surface area contributed by atoms with Crippen LogP contribution >= 0.6 is 22.9 Å². The summed E-state index contributed by atoms with van der Waals surface area (Å²) in [6.07, 6.45) is 3.00. The third-order valence-electron chi connectivity index (χ3n) is 3.94. The van der Waals surface area contributed by atoms with E-state index in [-0.39, 0.29) is 0 Å². The second-order valence-corrected chi connectivity index (χ2v) is 8.54. The van der Waals surface area contributed by atoms with Gasteiger partial charge in [-0.1, -0.05) is 16.7 Å². The van der Waals surface area contributed by atoms with Crippen molar-refractivity contribution in [1.82, 2.24) is 15.2 Å². The van der Waals surface area contributed by atoms with Gasteiger partial charge in [0.2, 0.25) is 5.13 Å². The number of halogens is 1. The number of carbonyl (C=O) groups excluding carboxylic acids is 1. The van der Waals surface area contributed by atoms with Crippen LogP contribution in [0.5, 0.6) is 10.9 Å². The van der Waals surface area contributed by atoms with Crippen LogP contribution in [0.1, 0.15) is 16.1 Å². The van der Waals surface area contributed by atoms with Gasteiger partial charge in [0, 0.05) is 29.1 Å². The van der Waals surface area contributed by atoms with Crippen molar-refractivity contribution in [3.63, 3.8) is 0 Å². The van der Waals surface area contributed by atoms with Crippen LogP contribution in [0.2, 0.25) is 5.02 Å². The first-order chi connectivity index (χ1) is 13.8. The Labute approximate surface area is 179 Å². The number of pyridine rings is 1. The van der Waals surface area contributed by atoms with E-state index in [1.54, 1.807) is 18.2 Å². The summed E-state index contributed by atoms with van der Waals surface area (Å²) >= 11 is 6.14. The molecule has 0 aliphatic rings. The topological polar surface area (TPSA) is 109 Å². The van der Waals surface area contributed by atoms with Crippen molar-refractivity contribution in [3.8, 4) is 22.1 Å². The van der Waals surface area contributed by atoms with E-state index in [0.717, 1.165) is 11.3 Å². The predicted molar refractivity (Wildman–Crippen MR) is 113 cm³/mol. The Morgan fingerprint density at radius 1 is 1.21 bits per heavy atom. The van der Waals surface area contributed by atoms with Gasteiger partial charge >= 0.3 is 0 Å². The van der Waals surface area contributed by atoms with Crippen LogP contribution in [-0.4, -0.2) is 46.1 Å². The standard InChI is InChI=1S/C18H17ClN4O4S2/c1-9-5-10(11-6-13(19)15(29(4)25)7-14(11)26-2)12(8-20-9)16(24)21-17-22-23-18(27-3)28-17/h5-8H,1-4H3,(H,21,22,24). The maximum atomic E-state index is 12.9. The monoisotopic (exact) mass is 452 g/mol. The van der Waals surface area contributed by atoms with E-state index in [2.05, 4.69) is 20.5 Å². The quantitative estimate of drug-likeness (QED) is 0.569. The second kappa shape index (κ2) is 8.95. The molecule has 1 aromatic carbocycles. The van der Waals surface area contributed by atoms with Gasteiger partial charge in [-0.25, -0.2) is 0 Å². The first-order valence-corrected chi connectivity index (χ1v) is 11.0. The molecule has 2 heterocycles. The van der Waals surface area contributed by atoms with Crippen molar-refractivity contribution in [2.24, 2.45) is 0 Å². The Kier molecular flexibility index (Phi) is 6.58. The highest BCUT2D eigenvalue weighted by atomic mass is 35.5. The summed E-state index contributed by atoms with van der Waals surface area (Å²) in [6.45, 7) is 1.81. The maximum Gasteiger partial charge on any atom is 0.295 e. The summed E-state index contributed by atoms with van der Waals surface area (Å²) in [5.74, 6) is 0.0180. The molecule has 1 unspecified atom stereocenters. The maximum absolute atomic E-state index is 12.9. The molecule has 0 saturated heterocycles. The second-order valence-electron chi connectivity index (χ2n) is 5.84. The van der Waals surface area contributed by atoms with E-state index in [9.17, 15) is 9.35 Å². The van der Waals surface area contributed by atoms with E-state index < -0.39 is 17.1 Å². The minimum atomic E-state index is -1.29. The molecule has 11 heteroatoms. The zero-order valence-corrected chi connectivity index (χ0v) is 18.4. The number of rotatable bonds is 6. The molecule has 29 heavy (non-hydrogen) atoms. The van der Waals surface area contributed by atoms with Gasteiger partial charge in [-0.15, -0.1) is 5.10 Å². The largest absolute Gasteiger partial charge is 0.612 e. The molecule has 0 radical (unpaired) electrons. The van der Waals surface area contributed by atoms with Crippen LogP contribution in [0.4, 0.5) is 5.13 Å². The van der Waals surface area contributed by atoms with Crippen LogP contribution < -0.4 is 14.8 Å². The van der Waals surface area contributed by atoms with E-state index in [0.29, 0.717) is 48.4 Å². The van der Waals surface area contributed by atoms with E-state index >= 15 is 0 Å². The van der Waals surface area contributed by atoms with Crippen LogP contribution in [0.15, 0.2) is 29.3 Å². The molecule has 0 spiro atoms. The molecule has 0 aliphatic carbocycles. The SMILES string of the molecule is COc1nnc(NC(=O)c2cnc(C)cc2-c2cc(Cl)c([S+](C)[O-])cc2OC)s1. The number of anilines is 1. The molecule has 0 bridgehead atoms. The third kappa shape index (κ3) is 4.61. The number of hydrogen-bond donors (Lipinski definition) is 1. The number of aryl methyl sites for hydroxylation is 1. The molecule has 0 fully saturated rings. The minimum absolute atomic E-state index is 0.292. The first-order valence-electron chi connectivity index (χ1n) is 8.20. The Morgan fingerprint density at radius 2 is 1.97 bits per heavy atom. The number of methoxy groups -OCH3 is 2. The number of aromatic nitrogens is 3. The Morgan fingerprint density at radius 3 is 2.59 bits per heavy atom. The third-order valence-corrected chi connectivity index (χ3v) is 6.12. The number of carbonyl (C=O) groups is 1. The number of nitrogens with zero attached hydrogens (tertiary/aromatic N) is 3. The molecule has 1 amide bonds. The summed E-state index contributed by atoms with van der Waals surface area (Å²) in [6, 6.07) is 5.00. The highest BCUT2D eigenvalue weighted by Crippen LogP contribution is 2.38. The van der Waals surface area contributed by atoms with Crippen molar-refractivity contribution >= 4 is 45.2 Å². The lowest BCUT2D eigenvalue weighted by atomic mass is 9.99. The Balaban J connectivity index is 2.07. The number of benzene rings is 1. The molecule has 8 nitrogen and oxygen atoms in total. The van der Waals surface area contributed by atoms with Gasteiger partial charge < -0.3 is 14.0 Å². The smallest absolute Gasteiger partial charge is 0.295 e. The van der Waals surface area contributed by atoms with Gasteiger partial charge in [0.25, 0.3) is 11.1 Å². The number of amides is 1. The molecule has 0 saturated carbocycles. The van der Waals surface area contributed by atoms with Crippen LogP contribution in [0, 0.1) is 6.92 Å². The van der Waals surface area contributed by atoms with E-state index in [1.807, 2.05) is 6.92 Å². The summed E-state index contributed by atoms with van der Waals surface area (Å²) in [4.78, 5) is 17.6. The number of ether oxygens (including phenoxy) is 2. The van der Waals surface area contributed by atoms with Gasteiger partial charge in [-0.05, 0) is 41.6 Å². The zero-order valence-electron chi connectivity index (χ0n) is 16.0. The number of nitrogens with one attached hydrogen (secondary N) is 1. The van der Waals surface area contributed by atoms with Crippen molar-refractivity contribution in [1.29, 1.82) is 0 Å². The Bertz CT molecular complexity index is 1060. The lowest BCUT2D eigenvalue weighted by Gasteiger charge is -2.15. The highest BCUT2D eigenvalue weighted by Gasteiger charge is 2.22. The van der Waals surface area contributed by atoms with Gasteiger partial charge in [-0.2, -0.15) is 0 Å². The van der Waals surface area contributed by atoms with Gasteiger partial charge in [0.15, 0.2) is 4.90 Å². The van der Waals surface area contributed by atoms with Crippen molar-refractivity contribution < 1.29 is 18.8 Å². The molecule has 1 atom stereocenters. The Hall–Kier alpha value is -2.40. The molecule has 152 valence electrons. The van der Waals surface area contributed by atoms with Crippen molar-refractivity contribution in [3.05, 3.63) is 40.7 Å². The lowest BCUT2D eigenvalue weighted by molar-refractivity contribution is 0.102. The fourth-order valence-electron chi connectivity index (χ4n) is 2.61. The molecule has 0 aliphatic heterocycles. The van der Waals surface area contributed by atoms with Crippen LogP contribution in [0.3, 0.4) is 0 Å². The van der Waals surface area contributed by atoms with E-state index in [4.69, 9.17) is 21.1 Å². The normalized spacial score (nSPS) is 11.8. The molecule has 3 aromatic rings. The summed E-state index contributed by atoms with van der Waals surface area (Å²) in [5, 5.41) is 11.3. The molecule has 3 rings (SSSR count). The molecule has 2 aromatic heterocycles. The predicted octanol–water partition coefficient (Wildman–Crippen LogP) is 3.57. The minimum Gasteiger partial charge on any atom is -0.612 e.